The van der Waals surface area contributed by atoms with Crippen LogP contribution in [-0.4, -0.2) is 21.3 Å². The lowest BCUT2D eigenvalue weighted by molar-refractivity contribution is -0.120. The number of rotatable bonds is 3. The van der Waals surface area contributed by atoms with E-state index in [4.69, 9.17) is 0 Å². The Morgan fingerprint density at radius 1 is 1.21 bits per heavy atom. The van der Waals surface area contributed by atoms with Crippen molar-refractivity contribution in [2.75, 3.05) is 10.6 Å². The molecule has 2 aromatic carbocycles. The molecule has 0 spiro atoms. The van der Waals surface area contributed by atoms with E-state index in [-0.39, 0.29) is 18.2 Å². The van der Waals surface area contributed by atoms with E-state index >= 15 is 0 Å². The van der Waals surface area contributed by atoms with E-state index in [1.54, 1.807) is 24.3 Å². The minimum absolute atomic E-state index is 0.125. The van der Waals surface area contributed by atoms with Crippen LogP contribution in [0.15, 0.2) is 47.4 Å². The highest BCUT2D eigenvalue weighted by Crippen LogP contribution is 2.28. The zero-order chi connectivity index (χ0) is 17.3. The molecule has 2 amide bonds. The Morgan fingerprint density at radius 2 is 1.96 bits per heavy atom. The van der Waals surface area contributed by atoms with Crippen molar-refractivity contribution in [1.29, 1.82) is 0 Å². The molecule has 6 heteroatoms. The molecule has 0 fully saturated rings. The second kappa shape index (κ2) is 6.57. The maximum Gasteiger partial charge on any atom is 0.241 e. The lowest BCUT2D eigenvalue weighted by Gasteiger charge is -2.23. The van der Waals surface area contributed by atoms with Gasteiger partial charge in [0, 0.05) is 5.69 Å². The summed E-state index contributed by atoms with van der Waals surface area (Å²) in [5.74, 6) is -0.711. The summed E-state index contributed by atoms with van der Waals surface area (Å²) in [6.45, 7) is 3.88. The maximum absolute atomic E-state index is 12.6. The van der Waals surface area contributed by atoms with Gasteiger partial charge in [-0.3, -0.25) is 13.8 Å². The molecule has 0 radical (unpaired) electrons. The minimum Gasteiger partial charge on any atom is -0.326 e. The molecule has 1 aliphatic rings. The molecule has 0 aromatic heterocycles. The van der Waals surface area contributed by atoms with Gasteiger partial charge in [-0.15, -0.1) is 0 Å². The van der Waals surface area contributed by atoms with Crippen LogP contribution in [0.3, 0.4) is 0 Å². The van der Waals surface area contributed by atoms with Gasteiger partial charge in [-0.05, 0) is 37.6 Å². The van der Waals surface area contributed by atoms with E-state index in [0.717, 1.165) is 11.1 Å². The lowest BCUT2D eigenvalue weighted by atomic mass is 10.1. The SMILES string of the molecule is Cc1ccc(NC(=O)C[C@H]2C(=O)Nc3ccccc3[S@@]2=O)c(C)c1. The number of fused-ring (bicyclic) bond motifs is 1. The Labute approximate surface area is 142 Å². The first-order valence-corrected chi connectivity index (χ1v) is 8.84. The molecule has 1 heterocycles. The summed E-state index contributed by atoms with van der Waals surface area (Å²) in [7, 11) is -1.54. The normalized spacial score (nSPS) is 19.3. The zero-order valence-electron chi connectivity index (χ0n) is 13.5. The lowest BCUT2D eigenvalue weighted by Crippen LogP contribution is -2.39. The highest BCUT2D eigenvalue weighted by molar-refractivity contribution is 7.86. The highest BCUT2D eigenvalue weighted by Gasteiger charge is 2.34. The van der Waals surface area contributed by atoms with Crippen molar-refractivity contribution in [3.8, 4) is 0 Å². The maximum atomic E-state index is 12.6. The number of carbonyl (C=O) groups is 2. The Hall–Kier alpha value is -2.47. The third-order valence-electron chi connectivity index (χ3n) is 3.94. The standard InChI is InChI=1S/C18H18N2O3S/c1-11-7-8-13(12(2)9-11)19-17(21)10-16-18(22)20-14-5-3-4-6-15(14)24(16)23/h3-9,16H,10H2,1-2H3,(H,19,21)(H,20,22)/t16-,24-/m0/s1. The predicted octanol–water partition coefficient (Wildman–Crippen LogP) is 2.76. The van der Waals surface area contributed by atoms with Gasteiger partial charge >= 0.3 is 0 Å². The second-order valence-corrected chi connectivity index (χ2v) is 7.45. The molecular weight excluding hydrogens is 324 g/mol. The molecule has 0 unspecified atom stereocenters. The molecule has 0 bridgehead atoms. The van der Waals surface area contributed by atoms with Crippen LogP contribution in [0, 0.1) is 13.8 Å². The Kier molecular flexibility index (Phi) is 4.49. The number of amides is 2. The molecule has 2 aromatic rings. The average Bonchev–Trinajstić information content (AvgIpc) is 2.54. The summed E-state index contributed by atoms with van der Waals surface area (Å²) in [4.78, 5) is 25.0. The van der Waals surface area contributed by atoms with E-state index in [9.17, 15) is 13.8 Å². The highest BCUT2D eigenvalue weighted by atomic mass is 32.2. The molecule has 0 saturated carbocycles. The minimum atomic E-state index is -1.54. The molecule has 0 aliphatic carbocycles. The van der Waals surface area contributed by atoms with Crippen molar-refractivity contribution < 1.29 is 13.8 Å². The van der Waals surface area contributed by atoms with Crippen LogP contribution in [0.5, 0.6) is 0 Å². The second-order valence-electron chi connectivity index (χ2n) is 5.84. The molecule has 124 valence electrons. The van der Waals surface area contributed by atoms with E-state index in [2.05, 4.69) is 10.6 Å². The number of aryl methyl sites for hydroxylation is 2. The van der Waals surface area contributed by atoms with Gasteiger partial charge in [0.2, 0.25) is 11.8 Å². The Bertz CT molecular complexity index is 848. The molecule has 3 rings (SSSR count). The zero-order valence-corrected chi connectivity index (χ0v) is 14.3. The summed E-state index contributed by atoms with van der Waals surface area (Å²) >= 11 is 0. The first-order valence-electron chi connectivity index (χ1n) is 7.63. The predicted molar refractivity (Wildman–Crippen MR) is 94.4 cm³/mol. The average molecular weight is 342 g/mol. The van der Waals surface area contributed by atoms with Crippen LogP contribution in [-0.2, 0) is 20.4 Å². The van der Waals surface area contributed by atoms with Gasteiger partial charge in [0.25, 0.3) is 0 Å². The van der Waals surface area contributed by atoms with Crippen LogP contribution in [0.2, 0.25) is 0 Å². The van der Waals surface area contributed by atoms with Crippen LogP contribution in [0.4, 0.5) is 11.4 Å². The fourth-order valence-corrected chi connectivity index (χ4v) is 4.11. The monoisotopic (exact) mass is 342 g/mol. The number of benzene rings is 2. The summed E-state index contributed by atoms with van der Waals surface area (Å²) in [6.07, 6.45) is -0.125. The van der Waals surface area contributed by atoms with Gasteiger partial charge in [-0.25, -0.2) is 0 Å². The van der Waals surface area contributed by atoms with Crippen molar-refractivity contribution in [3.63, 3.8) is 0 Å². The quantitative estimate of drug-likeness (QED) is 0.900. The van der Waals surface area contributed by atoms with Crippen LogP contribution in [0.1, 0.15) is 17.5 Å². The topological polar surface area (TPSA) is 75.3 Å². The van der Waals surface area contributed by atoms with Gasteiger partial charge < -0.3 is 10.6 Å². The van der Waals surface area contributed by atoms with Gasteiger partial charge in [0.05, 0.1) is 27.8 Å². The van der Waals surface area contributed by atoms with Gasteiger partial charge in [-0.2, -0.15) is 0 Å². The van der Waals surface area contributed by atoms with Gasteiger partial charge in [0.15, 0.2) is 0 Å². The van der Waals surface area contributed by atoms with Crippen LogP contribution in [0.25, 0.3) is 0 Å². The van der Waals surface area contributed by atoms with Crippen LogP contribution >= 0.6 is 0 Å². The first-order chi connectivity index (χ1) is 11.5. The third kappa shape index (κ3) is 3.23. The van der Waals surface area contributed by atoms with E-state index in [1.165, 1.54) is 0 Å². The van der Waals surface area contributed by atoms with Crippen LogP contribution < -0.4 is 10.6 Å². The number of nitrogens with one attached hydrogen (secondary N) is 2. The van der Waals surface area contributed by atoms with Gasteiger partial charge in [-0.1, -0.05) is 29.8 Å². The Balaban J connectivity index is 1.75. The van der Waals surface area contributed by atoms with Crippen molar-refractivity contribution in [2.45, 2.75) is 30.4 Å². The number of carbonyl (C=O) groups excluding carboxylic acids is 2. The third-order valence-corrected chi connectivity index (χ3v) is 5.63. The van der Waals surface area contributed by atoms with E-state index < -0.39 is 16.0 Å². The van der Waals surface area contributed by atoms with Crippen molar-refractivity contribution in [2.24, 2.45) is 0 Å². The summed E-state index contributed by atoms with van der Waals surface area (Å²) in [5, 5.41) is 4.63. The summed E-state index contributed by atoms with van der Waals surface area (Å²) in [6, 6.07) is 12.7. The van der Waals surface area contributed by atoms with Crippen molar-refractivity contribution in [3.05, 3.63) is 53.6 Å². The largest absolute Gasteiger partial charge is 0.326 e. The van der Waals surface area contributed by atoms with Gasteiger partial charge in [0.1, 0.15) is 5.25 Å². The molecule has 2 atom stereocenters. The molecule has 24 heavy (non-hydrogen) atoms. The molecule has 5 nitrogen and oxygen atoms in total. The number of hydrogen-bond donors (Lipinski definition) is 2. The van der Waals surface area contributed by atoms with E-state index in [1.807, 2.05) is 32.0 Å². The first kappa shape index (κ1) is 16.4. The number of hydrogen-bond acceptors (Lipinski definition) is 3. The molecule has 1 aliphatic heterocycles. The fraction of sp³-hybridized carbons (Fsp3) is 0.222. The molecular formula is C18H18N2O3S. The van der Waals surface area contributed by atoms with E-state index in [0.29, 0.717) is 16.3 Å². The Morgan fingerprint density at radius 3 is 2.71 bits per heavy atom. The summed E-state index contributed by atoms with van der Waals surface area (Å²) in [5.41, 5.74) is 3.30. The van der Waals surface area contributed by atoms with Crippen molar-refractivity contribution >= 4 is 34.0 Å². The number of anilines is 2. The van der Waals surface area contributed by atoms with Crippen molar-refractivity contribution in [1.82, 2.24) is 0 Å². The fourth-order valence-electron chi connectivity index (χ4n) is 2.70. The molecule has 2 N–H and O–H groups in total. The summed E-state index contributed by atoms with van der Waals surface area (Å²) < 4.78 is 12.6. The number of para-hydroxylation sites is 1. The molecule has 0 saturated heterocycles. The smallest absolute Gasteiger partial charge is 0.241 e.